The van der Waals surface area contributed by atoms with E-state index in [-0.39, 0.29) is 17.0 Å². The summed E-state index contributed by atoms with van der Waals surface area (Å²) in [5.74, 6) is 0.556. The maximum Gasteiger partial charge on any atom is 0.345 e. The molecule has 0 saturated heterocycles. The molecule has 130 valence electrons. The van der Waals surface area contributed by atoms with Gasteiger partial charge in [0.05, 0.1) is 0 Å². The molecule has 0 aliphatic carbocycles. The maximum atomic E-state index is 12.4. The van der Waals surface area contributed by atoms with E-state index in [0.29, 0.717) is 17.4 Å². The predicted octanol–water partition coefficient (Wildman–Crippen LogP) is 2.06. The second-order valence-corrected chi connectivity index (χ2v) is 7.08. The molecule has 2 heterocycles. The van der Waals surface area contributed by atoms with Crippen LogP contribution < -0.4 is 11.0 Å². The summed E-state index contributed by atoms with van der Waals surface area (Å²) in [5.41, 5.74) is -0.166. The molecule has 1 atom stereocenters. The molecule has 0 saturated carbocycles. The van der Waals surface area contributed by atoms with Crippen molar-refractivity contribution in [2.24, 2.45) is 0 Å². The molecule has 2 aromatic heterocycles. The van der Waals surface area contributed by atoms with Gasteiger partial charge in [0.25, 0.3) is 5.91 Å². The van der Waals surface area contributed by atoms with Crippen molar-refractivity contribution in [2.45, 2.75) is 58.9 Å². The van der Waals surface area contributed by atoms with Gasteiger partial charge in [-0.2, -0.15) is 9.97 Å². The van der Waals surface area contributed by atoms with Crippen LogP contribution in [0.25, 0.3) is 0 Å². The monoisotopic (exact) mass is 333 g/mol. The van der Waals surface area contributed by atoms with Crippen molar-refractivity contribution in [1.82, 2.24) is 25.4 Å². The first-order chi connectivity index (χ1) is 11.1. The summed E-state index contributed by atoms with van der Waals surface area (Å²) in [6.07, 6.45) is 0. The van der Waals surface area contributed by atoms with E-state index in [2.05, 4.69) is 25.4 Å². The summed E-state index contributed by atoms with van der Waals surface area (Å²) in [4.78, 5) is 34.7. The number of carbonyl (C=O) groups is 1. The average molecular weight is 333 g/mol. The zero-order chi connectivity index (χ0) is 18.1. The van der Waals surface area contributed by atoms with Crippen molar-refractivity contribution in [2.75, 3.05) is 0 Å². The Labute approximate surface area is 140 Å². The third-order valence-corrected chi connectivity index (χ3v) is 3.48. The van der Waals surface area contributed by atoms with Gasteiger partial charge in [-0.1, -0.05) is 39.8 Å². The Kier molecular flexibility index (Phi) is 4.86. The van der Waals surface area contributed by atoms with Crippen LogP contribution in [0.2, 0.25) is 0 Å². The van der Waals surface area contributed by atoms with Crippen LogP contribution >= 0.6 is 0 Å². The highest BCUT2D eigenvalue weighted by Crippen LogP contribution is 2.19. The lowest BCUT2D eigenvalue weighted by atomic mass is 9.91. The first kappa shape index (κ1) is 17.8. The number of aromatic nitrogens is 4. The Balaban J connectivity index is 2.20. The van der Waals surface area contributed by atoms with Crippen LogP contribution in [-0.4, -0.2) is 26.0 Å². The molecule has 0 aliphatic rings. The Morgan fingerprint density at radius 1 is 1.25 bits per heavy atom. The van der Waals surface area contributed by atoms with Gasteiger partial charge in [0.1, 0.15) is 11.7 Å². The topological polar surface area (TPSA) is 114 Å². The lowest BCUT2D eigenvalue weighted by Crippen LogP contribution is -2.31. The molecular weight excluding hydrogens is 310 g/mol. The zero-order valence-electron chi connectivity index (χ0n) is 14.8. The highest BCUT2D eigenvalue weighted by atomic mass is 16.5. The summed E-state index contributed by atoms with van der Waals surface area (Å²) < 4.78 is 5.16. The van der Waals surface area contributed by atoms with Crippen molar-refractivity contribution < 1.29 is 9.32 Å². The van der Waals surface area contributed by atoms with Gasteiger partial charge < -0.3 is 14.8 Å². The Morgan fingerprint density at radius 2 is 1.92 bits per heavy atom. The number of hydrogen-bond donors (Lipinski definition) is 2. The van der Waals surface area contributed by atoms with Crippen molar-refractivity contribution in [3.05, 3.63) is 39.7 Å². The highest BCUT2D eigenvalue weighted by Gasteiger charge is 2.22. The molecule has 24 heavy (non-hydrogen) atoms. The van der Waals surface area contributed by atoms with E-state index in [1.165, 1.54) is 0 Å². The van der Waals surface area contributed by atoms with Gasteiger partial charge in [-0.05, 0) is 13.0 Å². The average Bonchev–Trinajstić information content (AvgIpc) is 2.95. The standard InChI is InChI=1S/C16H23N5O3/c1-8(2)12-20-14(24-21-12)9(3)17-13(22)10-7-11(16(4,5)6)19-15(23)18-10/h7-9H,1-6H3,(H,17,22)(H,18,19,23). The molecule has 8 nitrogen and oxygen atoms in total. The van der Waals surface area contributed by atoms with Crippen LogP contribution in [0.3, 0.4) is 0 Å². The third kappa shape index (κ3) is 4.06. The van der Waals surface area contributed by atoms with Crippen LogP contribution in [0.5, 0.6) is 0 Å². The van der Waals surface area contributed by atoms with E-state index < -0.39 is 17.6 Å². The first-order valence-electron chi connectivity index (χ1n) is 7.84. The lowest BCUT2D eigenvalue weighted by Gasteiger charge is -2.18. The molecule has 1 unspecified atom stereocenters. The van der Waals surface area contributed by atoms with Crippen LogP contribution in [-0.2, 0) is 5.41 Å². The SMILES string of the molecule is CC(C)c1noc(C(C)NC(=O)c2cc(C(C)(C)C)[nH]c(=O)n2)n1. The first-order valence-corrected chi connectivity index (χ1v) is 7.84. The molecule has 0 aromatic carbocycles. The summed E-state index contributed by atoms with van der Waals surface area (Å²) in [5, 5.41) is 6.59. The summed E-state index contributed by atoms with van der Waals surface area (Å²) >= 11 is 0. The van der Waals surface area contributed by atoms with E-state index in [9.17, 15) is 9.59 Å². The molecule has 2 rings (SSSR count). The van der Waals surface area contributed by atoms with Gasteiger partial charge in [0, 0.05) is 17.0 Å². The van der Waals surface area contributed by atoms with Crippen LogP contribution in [0.1, 0.15) is 81.4 Å². The minimum atomic E-state index is -0.555. The predicted molar refractivity (Wildman–Crippen MR) is 87.8 cm³/mol. The van der Waals surface area contributed by atoms with Gasteiger partial charge in [0.15, 0.2) is 5.82 Å². The molecule has 1 amide bonds. The molecule has 0 bridgehead atoms. The number of rotatable bonds is 4. The molecular formula is C16H23N5O3. The number of nitrogens with zero attached hydrogens (tertiary/aromatic N) is 3. The maximum absolute atomic E-state index is 12.4. The van der Waals surface area contributed by atoms with E-state index in [1.807, 2.05) is 34.6 Å². The van der Waals surface area contributed by atoms with Crippen LogP contribution in [0.15, 0.2) is 15.4 Å². The van der Waals surface area contributed by atoms with Crippen molar-refractivity contribution >= 4 is 5.91 Å². The summed E-state index contributed by atoms with van der Waals surface area (Å²) in [6, 6.07) is 1.09. The lowest BCUT2D eigenvalue weighted by molar-refractivity contribution is 0.0926. The molecule has 8 heteroatoms. The Hall–Kier alpha value is -2.51. The summed E-state index contributed by atoms with van der Waals surface area (Å²) in [7, 11) is 0. The minimum absolute atomic E-state index is 0.0547. The summed E-state index contributed by atoms with van der Waals surface area (Å²) in [6.45, 7) is 11.4. The zero-order valence-corrected chi connectivity index (χ0v) is 14.8. The van der Waals surface area contributed by atoms with Crippen LogP contribution in [0.4, 0.5) is 0 Å². The number of H-pyrrole nitrogens is 1. The largest absolute Gasteiger partial charge is 0.345 e. The van der Waals surface area contributed by atoms with E-state index in [1.54, 1.807) is 13.0 Å². The fourth-order valence-electron chi connectivity index (χ4n) is 1.97. The fourth-order valence-corrected chi connectivity index (χ4v) is 1.97. The third-order valence-electron chi connectivity index (χ3n) is 3.48. The quantitative estimate of drug-likeness (QED) is 0.885. The second kappa shape index (κ2) is 6.54. The number of aromatic amines is 1. The number of nitrogens with one attached hydrogen (secondary N) is 2. The van der Waals surface area contributed by atoms with Crippen LogP contribution in [0, 0.1) is 0 Å². The van der Waals surface area contributed by atoms with Gasteiger partial charge >= 0.3 is 5.69 Å². The van der Waals surface area contributed by atoms with E-state index in [0.717, 1.165) is 0 Å². The number of carbonyl (C=O) groups excluding carboxylic acids is 1. The molecule has 0 radical (unpaired) electrons. The van der Waals surface area contributed by atoms with Crippen molar-refractivity contribution in [3.8, 4) is 0 Å². The highest BCUT2D eigenvalue weighted by molar-refractivity contribution is 5.92. The van der Waals surface area contributed by atoms with Crippen molar-refractivity contribution in [1.29, 1.82) is 0 Å². The van der Waals surface area contributed by atoms with Gasteiger partial charge in [-0.25, -0.2) is 4.79 Å². The van der Waals surface area contributed by atoms with E-state index in [4.69, 9.17) is 4.52 Å². The van der Waals surface area contributed by atoms with Gasteiger partial charge in [-0.15, -0.1) is 0 Å². The minimum Gasteiger partial charge on any atom is -0.339 e. The van der Waals surface area contributed by atoms with E-state index >= 15 is 0 Å². The number of amides is 1. The second-order valence-electron chi connectivity index (χ2n) is 7.08. The molecule has 2 N–H and O–H groups in total. The van der Waals surface area contributed by atoms with Gasteiger partial charge in [-0.3, -0.25) is 4.79 Å². The molecule has 0 aliphatic heterocycles. The van der Waals surface area contributed by atoms with Crippen molar-refractivity contribution in [3.63, 3.8) is 0 Å². The molecule has 2 aromatic rings. The molecule has 0 fully saturated rings. The normalized spacial score (nSPS) is 13.1. The molecule has 0 spiro atoms. The number of hydrogen-bond acceptors (Lipinski definition) is 6. The Morgan fingerprint density at radius 3 is 2.46 bits per heavy atom. The van der Waals surface area contributed by atoms with Gasteiger partial charge in [0.2, 0.25) is 5.89 Å². The Bertz CT molecular complexity index is 785. The smallest absolute Gasteiger partial charge is 0.339 e. The fraction of sp³-hybridized carbons (Fsp3) is 0.562.